The first-order chi connectivity index (χ1) is 10.7. The fourth-order valence-corrected chi connectivity index (χ4v) is 3.14. The maximum Gasteiger partial charge on any atom is 0.167 e. The second-order valence-corrected chi connectivity index (χ2v) is 6.24. The predicted molar refractivity (Wildman–Crippen MR) is 88.0 cm³/mol. The molecule has 1 aliphatic rings. The van der Waals surface area contributed by atoms with Crippen LogP contribution < -0.4 is 0 Å². The summed E-state index contributed by atoms with van der Waals surface area (Å²) in [6.45, 7) is 2.72. The standard InChI is InChI=1S/C18H19ClN2O/c19-17-7-5-15(6-8-17)18(22)16-4-2-10-21(13-16)12-14-3-1-9-20-11-14/h1,3,5-9,11,16H,2,4,10,12-13H2/t16-/m1/s1. The van der Waals surface area contributed by atoms with Crippen molar-refractivity contribution in [3.63, 3.8) is 0 Å². The van der Waals surface area contributed by atoms with Crippen LogP contribution in [0.4, 0.5) is 0 Å². The average Bonchev–Trinajstić information content (AvgIpc) is 2.56. The molecule has 0 saturated carbocycles. The minimum absolute atomic E-state index is 0.0756. The van der Waals surface area contributed by atoms with Crippen LogP contribution >= 0.6 is 11.6 Å². The van der Waals surface area contributed by atoms with Crippen molar-refractivity contribution in [3.05, 3.63) is 64.9 Å². The topological polar surface area (TPSA) is 33.2 Å². The Morgan fingerprint density at radius 2 is 2.09 bits per heavy atom. The van der Waals surface area contributed by atoms with Gasteiger partial charge in [0.2, 0.25) is 0 Å². The monoisotopic (exact) mass is 314 g/mol. The summed E-state index contributed by atoms with van der Waals surface area (Å²) in [5.74, 6) is 0.305. The fourth-order valence-electron chi connectivity index (χ4n) is 3.01. The first kappa shape index (κ1) is 15.2. The van der Waals surface area contributed by atoms with Gasteiger partial charge in [-0.25, -0.2) is 0 Å². The summed E-state index contributed by atoms with van der Waals surface area (Å²) >= 11 is 5.89. The van der Waals surface area contributed by atoms with Gasteiger partial charge in [-0.2, -0.15) is 0 Å². The van der Waals surface area contributed by atoms with E-state index in [0.717, 1.165) is 38.0 Å². The van der Waals surface area contributed by atoms with Crippen molar-refractivity contribution in [2.24, 2.45) is 5.92 Å². The number of hydrogen-bond acceptors (Lipinski definition) is 3. The Kier molecular flexibility index (Phi) is 4.86. The van der Waals surface area contributed by atoms with Crippen LogP contribution in [-0.2, 0) is 6.54 Å². The van der Waals surface area contributed by atoms with Gasteiger partial charge in [0, 0.05) is 42.0 Å². The van der Waals surface area contributed by atoms with Crippen LogP contribution in [-0.4, -0.2) is 28.8 Å². The van der Waals surface area contributed by atoms with E-state index in [2.05, 4.69) is 16.0 Å². The van der Waals surface area contributed by atoms with E-state index in [1.54, 1.807) is 18.3 Å². The van der Waals surface area contributed by atoms with Crippen molar-refractivity contribution in [2.75, 3.05) is 13.1 Å². The summed E-state index contributed by atoms with van der Waals surface area (Å²) in [6, 6.07) is 11.2. The lowest BCUT2D eigenvalue weighted by Crippen LogP contribution is -2.38. The van der Waals surface area contributed by atoms with Gasteiger partial charge in [0.1, 0.15) is 0 Å². The number of rotatable bonds is 4. The van der Waals surface area contributed by atoms with Crippen molar-refractivity contribution in [3.8, 4) is 0 Å². The van der Waals surface area contributed by atoms with Gasteiger partial charge in [0.05, 0.1) is 0 Å². The highest BCUT2D eigenvalue weighted by atomic mass is 35.5. The summed E-state index contributed by atoms with van der Waals surface area (Å²) in [4.78, 5) is 19.1. The normalized spacial score (nSPS) is 19.0. The smallest absolute Gasteiger partial charge is 0.167 e. The number of Topliss-reactive ketones (excluding diaryl/α,β-unsaturated/α-hetero) is 1. The molecule has 1 atom stereocenters. The first-order valence-corrected chi connectivity index (χ1v) is 8.01. The molecule has 0 amide bonds. The zero-order chi connectivity index (χ0) is 15.4. The molecule has 1 saturated heterocycles. The highest BCUT2D eigenvalue weighted by molar-refractivity contribution is 6.30. The molecule has 0 radical (unpaired) electrons. The third kappa shape index (κ3) is 3.73. The van der Waals surface area contributed by atoms with Gasteiger partial charge in [-0.05, 0) is 55.3 Å². The van der Waals surface area contributed by atoms with Gasteiger partial charge in [-0.3, -0.25) is 14.7 Å². The Labute approximate surface area is 135 Å². The number of aromatic nitrogens is 1. The first-order valence-electron chi connectivity index (χ1n) is 7.63. The number of piperidine rings is 1. The molecule has 1 aromatic heterocycles. The summed E-state index contributed by atoms with van der Waals surface area (Å²) in [5.41, 5.74) is 1.96. The lowest BCUT2D eigenvalue weighted by Gasteiger charge is -2.32. The van der Waals surface area contributed by atoms with Gasteiger partial charge in [0.25, 0.3) is 0 Å². The highest BCUT2D eigenvalue weighted by Crippen LogP contribution is 2.23. The molecule has 0 unspecified atom stereocenters. The quantitative estimate of drug-likeness (QED) is 0.804. The third-order valence-electron chi connectivity index (χ3n) is 4.13. The van der Waals surface area contributed by atoms with E-state index in [1.807, 2.05) is 24.4 Å². The molecular weight excluding hydrogens is 296 g/mol. The summed E-state index contributed by atoms with van der Waals surface area (Å²) < 4.78 is 0. The number of benzene rings is 1. The molecule has 1 aromatic carbocycles. The lowest BCUT2D eigenvalue weighted by molar-refractivity contribution is 0.0811. The van der Waals surface area contributed by atoms with Crippen LogP contribution in [0.15, 0.2) is 48.8 Å². The van der Waals surface area contributed by atoms with Crippen molar-refractivity contribution in [2.45, 2.75) is 19.4 Å². The number of hydrogen-bond donors (Lipinski definition) is 0. The fraction of sp³-hybridized carbons (Fsp3) is 0.333. The van der Waals surface area contributed by atoms with Crippen molar-refractivity contribution in [1.29, 1.82) is 0 Å². The van der Waals surface area contributed by atoms with Crippen molar-refractivity contribution in [1.82, 2.24) is 9.88 Å². The SMILES string of the molecule is O=C(c1ccc(Cl)cc1)[C@@H]1CCCN(Cc2cccnc2)C1. The Hall–Kier alpha value is -1.71. The molecule has 2 aromatic rings. The maximum absolute atomic E-state index is 12.6. The molecular formula is C18H19ClN2O. The Bertz CT molecular complexity index is 627. The number of ketones is 1. The molecule has 114 valence electrons. The number of likely N-dealkylation sites (tertiary alicyclic amines) is 1. The number of halogens is 1. The van der Waals surface area contributed by atoms with E-state index in [9.17, 15) is 4.79 Å². The summed E-state index contributed by atoms with van der Waals surface area (Å²) in [5, 5.41) is 0.665. The number of carbonyl (C=O) groups is 1. The minimum Gasteiger partial charge on any atom is -0.298 e. The van der Waals surface area contributed by atoms with Gasteiger partial charge in [0.15, 0.2) is 5.78 Å². The molecule has 2 heterocycles. The van der Waals surface area contributed by atoms with Crippen LogP contribution in [0.3, 0.4) is 0 Å². The van der Waals surface area contributed by atoms with E-state index in [0.29, 0.717) is 5.02 Å². The molecule has 0 bridgehead atoms. The highest BCUT2D eigenvalue weighted by Gasteiger charge is 2.26. The van der Waals surface area contributed by atoms with E-state index >= 15 is 0 Å². The largest absolute Gasteiger partial charge is 0.298 e. The van der Waals surface area contributed by atoms with E-state index in [1.165, 1.54) is 5.56 Å². The van der Waals surface area contributed by atoms with Gasteiger partial charge >= 0.3 is 0 Å². The van der Waals surface area contributed by atoms with E-state index in [-0.39, 0.29) is 11.7 Å². The zero-order valence-corrected chi connectivity index (χ0v) is 13.2. The van der Waals surface area contributed by atoms with Crippen LogP contribution in [0.2, 0.25) is 5.02 Å². The van der Waals surface area contributed by atoms with Gasteiger partial charge < -0.3 is 0 Å². The molecule has 4 heteroatoms. The predicted octanol–water partition coefficient (Wildman–Crippen LogP) is 3.83. The molecule has 1 aliphatic heterocycles. The average molecular weight is 315 g/mol. The van der Waals surface area contributed by atoms with Crippen LogP contribution in [0.1, 0.15) is 28.8 Å². The molecule has 1 fully saturated rings. The Morgan fingerprint density at radius 3 is 2.82 bits per heavy atom. The van der Waals surface area contributed by atoms with Gasteiger partial charge in [-0.15, -0.1) is 0 Å². The van der Waals surface area contributed by atoms with Crippen LogP contribution in [0.5, 0.6) is 0 Å². The van der Waals surface area contributed by atoms with E-state index < -0.39 is 0 Å². The molecule has 3 nitrogen and oxygen atoms in total. The van der Waals surface area contributed by atoms with E-state index in [4.69, 9.17) is 11.6 Å². The van der Waals surface area contributed by atoms with Crippen molar-refractivity contribution >= 4 is 17.4 Å². The van der Waals surface area contributed by atoms with Crippen molar-refractivity contribution < 1.29 is 4.79 Å². The molecule has 0 N–H and O–H groups in total. The molecule has 22 heavy (non-hydrogen) atoms. The second-order valence-electron chi connectivity index (χ2n) is 5.81. The summed E-state index contributed by atoms with van der Waals surface area (Å²) in [6.07, 6.45) is 5.70. The molecule has 3 rings (SSSR count). The van der Waals surface area contributed by atoms with Gasteiger partial charge in [-0.1, -0.05) is 17.7 Å². The number of pyridine rings is 1. The zero-order valence-electron chi connectivity index (χ0n) is 12.4. The number of carbonyl (C=O) groups excluding carboxylic acids is 1. The third-order valence-corrected chi connectivity index (χ3v) is 4.39. The summed E-state index contributed by atoms with van der Waals surface area (Å²) in [7, 11) is 0. The number of nitrogens with zero attached hydrogens (tertiary/aromatic N) is 2. The molecule has 0 spiro atoms. The Balaban J connectivity index is 1.65. The Morgan fingerprint density at radius 1 is 1.27 bits per heavy atom. The minimum atomic E-state index is 0.0756. The van der Waals surface area contributed by atoms with Crippen LogP contribution in [0, 0.1) is 5.92 Å². The maximum atomic E-state index is 12.6. The lowest BCUT2D eigenvalue weighted by atomic mass is 9.90. The molecule has 0 aliphatic carbocycles. The van der Waals surface area contributed by atoms with Crippen LogP contribution in [0.25, 0.3) is 0 Å². The second kappa shape index (κ2) is 7.03.